The van der Waals surface area contributed by atoms with Crippen molar-refractivity contribution in [2.75, 3.05) is 32.4 Å². The molecule has 3 aromatic rings. The van der Waals surface area contributed by atoms with Crippen molar-refractivity contribution < 1.29 is 28.2 Å². The number of nitrogens with zero attached hydrogens (tertiary/aromatic N) is 2. The number of carbonyl (C=O) groups excluding carboxylic acids is 2. The summed E-state index contributed by atoms with van der Waals surface area (Å²) in [5.41, 5.74) is 1.82. The second-order valence-corrected chi connectivity index (χ2v) is 8.19. The van der Waals surface area contributed by atoms with Gasteiger partial charge < -0.3 is 29.3 Å². The standard InChI is InChI=1S/C22H23ClN4O6S/c1-12-5-6-14(9-15(12)23)25-18(28)11-34-22-27-26-19(33-22)10-24-21(29)13-7-16(30-2)20(32-4)17(8-13)31-3/h5-9H,10-11H2,1-4H3,(H,24,29)(H,25,28). The Morgan fingerprint density at radius 2 is 1.76 bits per heavy atom. The largest absolute Gasteiger partial charge is 0.493 e. The van der Waals surface area contributed by atoms with Gasteiger partial charge in [0.25, 0.3) is 11.1 Å². The number of amides is 2. The van der Waals surface area contributed by atoms with Crippen LogP contribution in [-0.4, -0.2) is 49.1 Å². The third-order valence-corrected chi connectivity index (χ3v) is 5.78. The van der Waals surface area contributed by atoms with Gasteiger partial charge in [0.15, 0.2) is 11.5 Å². The molecule has 34 heavy (non-hydrogen) atoms. The number of carbonyl (C=O) groups is 2. The SMILES string of the molecule is COc1cc(C(=O)NCc2nnc(SCC(=O)Nc3ccc(C)c(Cl)c3)o2)cc(OC)c1OC. The van der Waals surface area contributed by atoms with Gasteiger partial charge in [0.2, 0.25) is 17.5 Å². The van der Waals surface area contributed by atoms with Gasteiger partial charge in [0.1, 0.15) is 0 Å². The number of anilines is 1. The number of aryl methyl sites for hydroxylation is 1. The number of ether oxygens (including phenoxy) is 3. The number of thioether (sulfide) groups is 1. The molecule has 0 saturated heterocycles. The predicted octanol–water partition coefficient (Wildman–Crippen LogP) is 3.72. The van der Waals surface area contributed by atoms with E-state index in [2.05, 4.69) is 20.8 Å². The number of nitrogens with one attached hydrogen (secondary N) is 2. The summed E-state index contributed by atoms with van der Waals surface area (Å²) in [5.74, 6) is 0.696. The minimum atomic E-state index is -0.400. The van der Waals surface area contributed by atoms with Crippen LogP contribution in [0.5, 0.6) is 17.2 Å². The molecule has 1 heterocycles. The normalized spacial score (nSPS) is 10.5. The first-order chi connectivity index (χ1) is 16.3. The molecule has 2 amide bonds. The van der Waals surface area contributed by atoms with Crippen LogP contribution in [0.15, 0.2) is 40.0 Å². The van der Waals surface area contributed by atoms with Crippen molar-refractivity contribution in [3.63, 3.8) is 0 Å². The highest BCUT2D eigenvalue weighted by Crippen LogP contribution is 2.38. The van der Waals surface area contributed by atoms with Crippen molar-refractivity contribution in [1.29, 1.82) is 0 Å². The Labute approximate surface area is 205 Å². The van der Waals surface area contributed by atoms with Crippen LogP contribution in [0, 0.1) is 6.92 Å². The van der Waals surface area contributed by atoms with Crippen molar-refractivity contribution in [3.05, 3.63) is 52.4 Å². The minimum absolute atomic E-state index is 0.00286. The van der Waals surface area contributed by atoms with E-state index in [9.17, 15) is 9.59 Å². The number of benzene rings is 2. The highest BCUT2D eigenvalue weighted by atomic mass is 35.5. The zero-order valence-corrected chi connectivity index (χ0v) is 20.5. The van der Waals surface area contributed by atoms with Crippen molar-refractivity contribution in [2.24, 2.45) is 0 Å². The van der Waals surface area contributed by atoms with E-state index in [0.29, 0.717) is 33.5 Å². The third-order valence-electron chi connectivity index (χ3n) is 4.56. The van der Waals surface area contributed by atoms with Crippen LogP contribution >= 0.6 is 23.4 Å². The molecule has 0 fully saturated rings. The molecule has 0 aliphatic rings. The molecule has 0 spiro atoms. The Balaban J connectivity index is 1.53. The van der Waals surface area contributed by atoms with E-state index in [-0.39, 0.29) is 29.3 Å². The Kier molecular flexibility index (Phi) is 8.61. The van der Waals surface area contributed by atoms with E-state index in [0.717, 1.165) is 17.3 Å². The fourth-order valence-electron chi connectivity index (χ4n) is 2.83. The molecule has 0 aliphatic carbocycles. The molecular formula is C22H23ClN4O6S. The second kappa shape index (κ2) is 11.6. The van der Waals surface area contributed by atoms with Crippen LogP contribution in [0.2, 0.25) is 5.02 Å². The lowest BCUT2D eigenvalue weighted by atomic mass is 10.1. The Morgan fingerprint density at radius 3 is 2.38 bits per heavy atom. The molecule has 180 valence electrons. The summed E-state index contributed by atoms with van der Waals surface area (Å²) in [6.45, 7) is 1.88. The second-order valence-electron chi connectivity index (χ2n) is 6.86. The first-order valence-corrected chi connectivity index (χ1v) is 11.3. The molecule has 12 heteroatoms. The summed E-state index contributed by atoms with van der Waals surface area (Å²) in [6, 6.07) is 8.34. The molecular weight excluding hydrogens is 484 g/mol. The topological polar surface area (TPSA) is 125 Å². The summed E-state index contributed by atoms with van der Waals surface area (Å²) < 4.78 is 21.3. The smallest absolute Gasteiger partial charge is 0.277 e. The summed E-state index contributed by atoms with van der Waals surface area (Å²) >= 11 is 7.15. The number of methoxy groups -OCH3 is 3. The van der Waals surface area contributed by atoms with Gasteiger partial charge in [-0.05, 0) is 36.8 Å². The van der Waals surface area contributed by atoms with E-state index < -0.39 is 5.91 Å². The molecule has 0 radical (unpaired) electrons. The number of hydrogen-bond acceptors (Lipinski definition) is 9. The van der Waals surface area contributed by atoms with E-state index in [1.165, 1.54) is 33.5 Å². The van der Waals surface area contributed by atoms with Gasteiger partial charge in [-0.15, -0.1) is 10.2 Å². The van der Waals surface area contributed by atoms with Crippen LogP contribution < -0.4 is 24.8 Å². The van der Waals surface area contributed by atoms with Gasteiger partial charge in [-0.2, -0.15) is 0 Å². The molecule has 0 bridgehead atoms. The lowest BCUT2D eigenvalue weighted by Crippen LogP contribution is -2.23. The average Bonchev–Trinajstić information content (AvgIpc) is 3.30. The highest BCUT2D eigenvalue weighted by molar-refractivity contribution is 7.99. The van der Waals surface area contributed by atoms with Crippen LogP contribution in [0.1, 0.15) is 21.8 Å². The van der Waals surface area contributed by atoms with Gasteiger partial charge in [-0.3, -0.25) is 9.59 Å². The lowest BCUT2D eigenvalue weighted by Gasteiger charge is -2.13. The monoisotopic (exact) mass is 506 g/mol. The van der Waals surface area contributed by atoms with E-state index in [1.807, 2.05) is 13.0 Å². The molecule has 2 N–H and O–H groups in total. The van der Waals surface area contributed by atoms with Crippen LogP contribution in [0.25, 0.3) is 0 Å². The van der Waals surface area contributed by atoms with Crippen LogP contribution in [0.3, 0.4) is 0 Å². The fourth-order valence-corrected chi connectivity index (χ4v) is 3.59. The number of halogens is 1. The highest BCUT2D eigenvalue weighted by Gasteiger charge is 2.18. The number of aromatic nitrogens is 2. The molecule has 0 saturated carbocycles. The molecule has 0 atom stereocenters. The van der Waals surface area contributed by atoms with E-state index in [1.54, 1.807) is 12.1 Å². The summed E-state index contributed by atoms with van der Waals surface area (Å²) in [4.78, 5) is 24.7. The molecule has 3 rings (SSSR count). The summed E-state index contributed by atoms with van der Waals surface area (Å²) in [5, 5.41) is 14.0. The predicted molar refractivity (Wildman–Crippen MR) is 127 cm³/mol. The molecule has 1 aromatic heterocycles. The first kappa shape index (κ1) is 25.2. The maximum atomic E-state index is 12.6. The zero-order valence-electron chi connectivity index (χ0n) is 18.9. The first-order valence-electron chi connectivity index (χ1n) is 9.94. The Hall–Kier alpha value is -3.44. The van der Waals surface area contributed by atoms with Gasteiger partial charge in [-0.25, -0.2) is 0 Å². The number of hydrogen-bond donors (Lipinski definition) is 2. The van der Waals surface area contributed by atoms with E-state index in [4.69, 9.17) is 30.2 Å². The molecule has 0 aliphatic heterocycles. The maximum absolute atomic E-state index is 12.6. The van der Waals surface area contributed by atoms with Crippen molar-refractivity contribution in [1.82, 2.24) is 15.5 Å². The Bertz CT molecular complexity index is 1160. The molecule has 2 aromatic carbocycles. The fraction of sp³-hybridized carbons (Fsp3) is 0.273. The van der Waals surface area contributed by atoms with Gasteiger partial charge in [0, 0.05) is 16.3 Å². The van der Waals surface area contributed by atoms with Crippen molar-refractivity contribution in [3.8, 4) is 17.2 Å². The van der Waals surface area contributed by atoms with Crippen LogP contribution in [0.4, 0.5) is 5.69 Å². The molecule has 10 nitrogen and oxygen atoms in total. The van der Waals surface area contributed by atoms with Crippen molar-refractivity contribution in [2.45, 2.75) is 18.7 Å². The molecule has 0 unspecified atom stereocenters. The maximum Gasteiger partial charge on any atom is 0.277 e. The zero-order chi connectivity index (χ0) is 24.7. The quantitative estimate of drug-likeness (QED) is 0.396. The lowest BCUT2D eigenvalue weighted by molar-refractivity contribution is -0.113. The number of rotatable bonds is 10. The van der Waals surface area contributed by atoms with Gasteiger partial charge in [0.05, 0.1) is 33.6 Å². The van der Waals surface area contributed by atoms with E-state index >= 15 is 0 Å². The Morgan fingerprint density at radius 1 is 1.06 bits per heavy atom. The minimum Gasteiger partial charge on any atom is -0.493 e. The summed E-state index contributed by atoms with van der Waals surface area (Å²) in [6.07, 6.45) is 0. The van der Waals surface area contributed by atoms with Crippen molar-refractivity contribution >= 4 is 40.9 Å². The van der Waals surface area contributed by atoms with Crippen LogP contribution in [-0.2, 0) is 11.3 Å². The van der Waals surface area contributed by atoms with Gasteiger partial charge in [-0.1, -0.05) is 29.4 Å². The summed E-state index contributed by atoms with van der Waals surface area (Å²) in [7, 11) is 4.41. The van der Waals surface area contributed by atoms with Gasteiger partial charge >= 0.3 is 0 Å². The average molecular weight is 507 g/mol. The third kappa shape index (κ3) is 6.33.